The number of aromatic nitrogens is 1. The Labute approximate surface area is 140 Å². The number of nitrogens with zero attached hydrogens (tertiary/aromatic N) is 2. The van der Waals surface area contributed by atoms with Gasteiger partial charge in [-0.25, -0.2) is 0 Å². The second-order valence-corrected chi connectivity index (χ2v) is 6.08. The molecule has 0 radical (unpaired) electrons. The summed E-state index contributed by atoms with van der Waals surface area (Å²) in [5, 5.41) is 6.85. The highest BCUT2D eigenvalue weighted by atomic mass is 16.5. The van der Waals surface area contributed by atoms with E-state index >= 15 is 0 Å². The van der Waals surface area contributed by atoms with E-state index < -0.39 is 6.04 Å². The summed E-state index contributed by atoms with van der Waals surface area (Å²) < 4.78 is 5.13. The van der Waals surface area contributed by atoms with Gasteiger partial charge in [0.15, 0.2) is 0 Å². The van der Waals surface area contributed by atoms with Crippen molar-refractivity contribution in [2.75, 3.05) is 11.4 Å². The lowest BCUT2D eigenvalue weighted by atomic mass is 10.1. The number of anilines is 1. The van der Waals surface area contributed by atoms with Gasteiger partial charge < -0.3 is 9.84 Å². The van der Waals surface area contributed by atoms with E-state index in [1.165, 1.54) is 6.92 Å². The number of rotatable bonds is 4. The first-order chi connectivity index (χ1) is 11.5. The number of carbonyl (C=O) groups excluding carboxylic acids is 2. The van der Waals surface area contributed by atoms with E-state index in [-0.39, 0.29) is 11.8 Å². The van der Waals surface area contributed by atoms with E-state index in [0.717, 1.165) is 28.3 Å². The van der Waals surface area contributed by atoms with Crippen LogP contribution in [0.15, 0.2) is 28.8 Å². The van der Waals surface area contributed by atoms with Crippen molar-refractivity contribution in [3.63, 3.8) is 0 Å². The molecule has 24 heavy (non-hydrogen) atoms. The van der Waals surface area contributed by atoms with Gasteiger partial charge >= 0.3 is 0 Å². The molecule has 0 saturated carbocycles. The molecule has 2 heterocycles. The zero-order valence-electron chi connectivity index (χ0n) is 14.1. The van der Waals surface area contributed by atoms with Crippen LogP contribution in [0.1, 0.15) is 29.5 Å². The Morgan fingerprint density at radius 3 is 2.75 bits per heavy atom. The Balaban J connectivity index is 1.66. The lowest BCUT2D eigenvalue weighted by Crippen LogP contribution is -2.47. The monoisotopic (exact) mass is 327 g/mol. The molecule has 1 aliphatic heterocycles. The van der Waals surface area contributed by atoms with Crippen LogP contribution in [0.25, 0.3) is 0 Å². The molecular formula is C18H21N3O3. The predicted molar refractivity (Wildman–Crippen MR) is 89.8 cm³/mol. The maximum Gasteiger partial charge on any atom is 0.243 e. The number of nitrogens with one attached hydrogen (secondary N) is 1. The number of amides is 2. The highest BCUT2D eigenvalue weighted by Gasteiger charge is 2.36. The molecule has 0 aliphatic carbocycles. The van der Waals surface area contributed by atoms with Gasteiger partial charge in [-0.2, -0.15) is 0 Å². The van der Waals surface area contributed by atoms with Crippen molar-refractivity contribution in [1.82, 2.24) is 10.5 Å². The van der Waals surface area contributed by atoms with Crippen LogP contribution < -0.4 is 10.2 Å². The molecule has 6 nitrogen and oxygen atoms in total. The first-order valence-corrected chi connectivity index (χ1v) is 8.06. The average molecular weight is 327 g/mol. The topological polar surface area (TPSA) is 75.4 Å². The molecule has 3 rings (SSSR count). The van der Waals surface area contributed by atoms with Gasteiger partial charge in [0.25, 0.3) is 0 Å². The number of aryl methyl sites for hydroxylation is 2. The van der Waals surface area contributed by atoms with Gasteiger partial charge in [-0.15, -0.1) is 0 Å². The van der Waals surface area contributed by atoms with Crippen molar-refractivity contribution in [1.29, 1.82) is 0 Å². The third-order valence-corrected chi connectivity index (χ3v) is 4.47. The van der Waals surface area contributed by atoms with Crippen LogP contribution in [-0.2, 0) is 22.4 Å². The first kappa shape index (κ1) is 16.2. The SMILES string of the molecule is CC(=O)N1c2ccccc2C[C@H]1C(=O)NCCc1c(C)noc1C. The lowest BCUT2D eigenvalue weighted by molar-refractivity contribution is -0.125. The maximum absolute atomic E-state index is 12.6. The van der Waals surface area contributed by atoms with Crippen molar-refractivity contribution in [3.8, 4) is 0 Å². The molecular weight excluding hydrogens is 306 g/mol. The summed E-state index contributed by atoms with van der Waals surface area (Å²) in [4.78, 5) is 26.2. The van der Waals surface area contributed by atoms with Crippen LogP contribution >= 0.6 is 0 Å². The molecule has 1 aromatic carbocycles. The zero-order chi connectivity index (χ0) is 17.3. The molecule has 2 amide bonds. The molecule has 1 aromatic heterocycles. The van der Waals surface area contributed by atoms with Crippen molar-refractivity contribution >= 4 is 17.5 Å². The van der Waals surface area contributed by atoms with Crippen molar-refractivity contribution in [3.05, 3.63) is 46.8 Å². The molecule has 1 atom stereocenters. The number of benzene rings is 1. The van der Waals surface area contributed by atoms with Gasteiger partial charge in [0, 0.05) is 31.1 Å². The van der Waals surface area contributed by atoms with Crippen LogP contribution in [0.3, 0.4) is 0 Å². The Morgan fingerprint density at radius 2 is 2.08 bits per heavy atom. The third-order valence-electron chi connectivity index (χ3n) is 4.47. The van der Waals surface area contributed by atoms with E-state index in [0.29, 0.717) is 19.4 Å². The summed E-state index contributed by atoms with van der Waals surface area (Å²) in [5.74, 6) is 0.527. The number of carbonyl (C=O) groups is 2. The number of fused-ring (bicyclic) bond motifs is 1. The average Bonchev–Trinajstić information content (AvgIpc) is 3.09. The highest BCUT2D eigenvalue weighted by molar-refractivity contribution is 6.02. The van der Waals surface area contributed by atoms with E-state index in [1.807, 2.05) is 38.1 Å². The number of para-hydroxylation sites is 1. The molecule has 0 bridgehead atoms. The standard InChI is InChI=1S/C18H21N3O3/c1-11-15(12(2)24-20-11)8-9-19-18(23)17-10-14-6-4-5-7-16(14)21(17)13(3)22/h4-7,17H,8-10H2,1-3H3,(H,19,23)/t17-/m0/s1. The van der Waals surface area contributed by atoms with Crippen molar-refractivity contribution < 1.29 is 14.1 Å². The molecule has 126 valence electrons. The molecule has 0 saturated heterocycles. The largest absolute Gasteiger partial charge is 0.361 e. The summed E-state index contributed by atoms with van der Waals surface area (Å²) >= 11 is 0. The first-order valence-electron chi connectivity index (χ1n) is 8.06. The predicted octanol–water partition coefficient (Wildman–Crippen LogP) is 1.93. The molecule has 1 aliphatic rings. The molecule has 0 spiro atoms. The zero-order valence-corrected chi connectivity index (χ0v) is 14.1. The number of hydrogen-bond donors (Lipinski definition) is 1. The summed E-state index contributed by atoms with van der Waals surface area (Å²) in [6, 6.07) is 7.17. The quantitative estimate of drug-likeness (QED) is 0.931. The molecule has 6 heteroatoms. The normalized spacial score (nSPS) is 16.1. The Hall–Kier alpha value is -2.63. The smallest absolute Gasteiger partial charge is 0.243 e. The van der Waals surface area contributed by atoms with Gasteiger partial charge in [-0.1, -0.05) is 23.4 Å². The van der Waals surface area contributed by atoms with Crippen molar-refractivity contribution in [2.24, 2.45) is 0 Å². The minimum absolute atomic E-state index is 0.120. The minimum Gasteiger partial charge on any atom is -0.361 e. The van der Waals surface area contributed by atoms with Gasteiger partial charge in [0.05, 0.1) is 5.69 Å². The van der Waals surface area contributed by atoms with E-state index in [1.54, 1.807) is 4.90 Å². The summed E-state index contributed by atoms with van der Waals surface area (Å²) in [6.07, 6.45) is 1.21. The van der Waals surface area contributed by atoms with Gasteiger partial charge in [-0.3, -0.25) is 14.5 Å². The molecule has 2 aromatic rings. The maximum atomic E-state index is 12.6. The Kier molecular flexibility index (Phi) is 4.38. The fraction of sp³-hybridized carbons (Fsp3) is 0.389. The molecule has 1 N–H and O–H groups in total. The summed E-state index contributed by atoms with van der Waals surface area (Å²) in [5.41, 5.74) is 3.73. The molecule has 0 unspecified atom stereocenters. The highest BCUT2D eigenvalue weighted by Crippen LogP contribution is 2.32. The van der Waals surface area contributed by atoms with Gasteiger partial charge in [0.2, 0.25) is 11.8 Å². The van der Waals surface area contributed by atoms with E-state index in [2.05, 4.69) is 10.5 Å². The number of hydrogen-bond acceptors (Lipinski definition) is 4. The van der Waals surface area contributed by atoms with Crippen LogP contribution in [-0.4, -0.2) is 29.6 Å². The van der Waals surface area contributed by atoms with Gasteiger partial charge in [-0.05, 0) is 31.9 Å². The van der Waals surface area contributed by atoms with E-state index in [4.69, 9.17) is 4.52 Å². The van der Waals surface area contributed by atoms with Crippen molar-refractivity contribution in [2.45, 2.75) is 39.7 Å². The Bertz CT molecular complexity index is 762. The van der Waals surface area contributed by atoms with Crippen LogP contribution in [0, 0.1) is 13.8 Å². The second kappa shape index (κ2) is 6.47. The summed E-state index contributed by atoms with van der Waals surface area (Å²) in [7, 11) is 0. The van der Waals surface area contributed by atoms with Crippen LogP contribution in [0.4, 0.5) is 5.69 Å². The Morgan fingerprint density at radius 1 is 1.33 bits per heavy atom. The van der Waals surface area contributed by atoms with Crippen LogP contribution in [0.2, 0.25) is 0 Å². The lowest BCUT2D eigenvalue weighted by Gasteiger charge is -2.23. The molecule has 0 fully saturated rings. The summed E-state index contributed by atoms with van der Waals surface area (Å²) in [6.45, 7) is 5.73. The second-order valence-electron chi connectivity index (χ2n) is 6.08. The van der Waals surface area contributed by atoms with Gasteiger partial charge in [0.1, 0.15) is 11.8 Å². The van der Waals surface area contributed by atoms with E-state index in [9.17, 15) is 9.59 Å². The minimum atomic E-state index is -0.482. The fourth-order valence-electron chi connectivity index (χ4n) is 3.27. The fourth-order valence-corrected chi connectivity index (χ4v) is 3.27. The van der Waals surface area contributed by atoms with Crippen LogP contribution in [0.5, 0.6) is 0 Å². The third kappa shape index (κ3) is 2.91.